The smallest absolute Gasteiger partial charge is 0.226 e. The second-order valence-corrected chi connectivity index (χ2v) is 9.45. The predicted octanol–water partition coefficient (Wildman–Crippen LogP) is 5.65. The standard InChI is InChI=1S/C27H32ClN3O2/c1-19(11-12-21-7-4-3-5-8-21)29-26(32)22-13-15-31(16-14-22)18-25-20(2)33-27(30-25)23-9-6-10-24(28)17-23/h3-10,17,19,22H,11-16,18H2,1-2H3,(H,29,32). The van der Waals surface area contributed by atoms with Gasteiger partial charge in [-0.25, -0.2) is 4.98 Å². The van der Waals surface area contributed by atoms with Crippen LogP contribution in [0.3, 0.4) is 0 Å². The fourth-order valence-electron chi connectivity index (χ4n) is 4.35. The second-order valence-electron chi connectivity index (χ2n) is 9.02. The van der Waals surface area contributed by atoms with E-state index >= 15 is 0 Å². The van der Waals surface area contributed by atoms with Crippen molar-refractivity contribution in [2.45, 2.75) is 52.1 Å². The number of hydrogen-bond acceptors (Lipinski definition) is 4. The number of aryl methyl sites for hydroxylation is 2. The summed E-state index contributed by atoms with van der Waals surface area (Å²) >= 11 is 6.10. The molecule has 0 radical (unpaired) electrons. The molecule has 1 fully saturated rings. The first kappa shape index (κ1) is 23.5. The van der Waals surface area contributed by atoms with Gasteiger partial charge in [0.25, 0.3) is 0 Å². The van der Waals surface area contributed by atoms with Crippen LogP contribution in [0.2, 0.25) is 5.02 Å². The summed E-state index contributed by atoms with van der Waals surface area (Å²) in [4.78, 5) is 19.8. The lowest BCUT2D eigenvalue weighted by Gasteiger charge is -2.31. The number of nitrogens with one attached hydrogen (secondary N) is 1. The minimum atomic E-state index is 0.0841. The average Bonchev–Trinajstić information content (AvgIpc) is 3.19. The van der Waals surface area contributed by atoms with Crippen LogP contribution in [0.4, 0.5) is 0 Å². The Labute approximate surface area is 201 Å². The van der Waals surface area contributed by atoms with Crippen LogP contribution >= 0.6 is 11.6 Å². The van der Waals surface area contributed by atoms with Crippen LogP contribution in [0.1, 0.15) is 43.2 Å². The largest absolute Gasteiger partial charge is 0.441 e. The quantitative estimate of drug-likeness (QED) is 0.466. The topological polar surface area (TPSA) is 58.4 Å². The maximum atomic E-state index is 12.8. The van der Waals surface area contributed by atoms with E-state index in [1.165, 1.54) is 5.56 Å². The van der Waals surface area contributed by atoms with Gasteiger partial charge in [0.2, 0.25) is 11.8 Å². The number of hydrogen-bond donors (Lipinski definition) is 1. The highest BCUT2D eigenvalue weighted by atomic mass is 35.5. The Morgan fingerprint density at radius 3 is 2.67 bits per heavy atom. The van der Waals surface area contributed by atoms with E-state index in [0.29, 0.717) is 10.9 Å². The zero-order valence-corrected chi connectivity index (χ0v) is 20.1. The third kappa shape index (κ3) is 6.46. The molecule has 0 saturated carbocycles. The summed E-state index contributed by atoms with van der Waals surface area (Å²) in [7, 11) is 0. The number of rotatable bonds is 8. The summed E-state index contributed by atoms with van der Waals surface area (Å²) < 4.78 is 5.89. The van der Waals surface area contributed by atoms with Crippen molar-refractivity contribution in [3.63, 3.8) is 0 Å². The van der Waals surface area contributed by atoms with Crippen molar-refractivity contribution < 1.29 is 9.21 Å². The summed E-state index contributed by atoms with van der Waals surface area (Å²) in [5.74, 6) is 1.71. The lowest BCUT2D eigenvalue weighted by atomic mass is 9.95. The van der Waals surface area contributed by atoms with Gasteiger partial charge >= 0.3 is 0 Å². The molecule has 5 nitrogen and oxygen atoms in total. The van der Waals surface area contributed by atoms with Gasteiger partial charge in [-0.2, -0.15) is 0 Å². The number of likely N-dealkylation sites (tertiary alicyclic amines) is 1. The Kier molecular flexibility index (Phi) is 7.84. The van der Waals surface area contributed by atoms with Gasteiger partial charge < -0.3 is 9.73 Å². The maximum Gasteiger partial charge on any atom is 0.226 e. The number of halogens is 1. The molecule has 1 atom stereocenters. The molecular weight excluding hydrogens is 434 g/mol. The Hall–Kier alpha value is -2.63. The number of oxazole rings is 1. The first-order valence-electron chi connectivity index (χ1n) is 11.8. The number of carbonyl (C=O) groups excluding carboxylic acids is 1. The molecule has 174 valence electrons. The highest BCUT2D eigenvalue weighted by molar-refractivity contribution is 6.30. The van der Waals surface area contributed by atoms with Crippen molar-refractivity contribution >= 4 is 17.5 Å². The van der Waals surface area contributed by atoms with Crippen LogP contribution in [0.25, 0.3) is 11.5 Å². The van der Waals surface area contributed by atoms with Gasteiger partial charge in [0.15, 0.2) is 0 Å². The third-order valence-electron chi connectivity index (χ3n) is 6.39. The van der Waals surface area contributed by atoms with E-state index in [1.54, 1.807) is 0 Å². The maximum absolute atomic E-state index is 12.8. The number of aromatic nitrogens is 1. The first-order chi connectivity index (χ1) is 16.0. The molecule has 0 bridgehead atoms. The molecule has 1 aromatic heterocycles. The molecule has 3 aromatic rings. The third-order valence-corrected chi connectivity index (χ3v) is 6.63. The SMILES string of the molecule is Cc1oc(-c2cccc(Cl)c2)nc1CN1CCC(C(=O)NC(C)CCc2ccccc2)CC1. The summed E-state index contributed by atoms with van der Waals surface area (Å²) in [5.41, 5.74) is 3.14. The molecule has 2 heterocycles. The number of piperidine rings is 1. The molecule has 1 N–H and O–H groups in total. The summed E-state index contributed by atoms with van der Waals surface area (Å²) in [6.07, 6.45) is 3.68. The summed E-state index contributed by atoms with van der Waals surface area (Å²) in [6, 6.07) is 18.2. The molecule has 1 saturated heterocycles. The normalized spacial score (nSPS) is 16.0. The van der Waals surface area contributed by atoms with Gasteiger partial charge in [-0.15, -0.1) is 0 Å². The Morgan fingerprint density at radius 2 is 1.94 bits per heavy atom. The van der Waals surface area contributed by atoms with Gasteiger partial charge in [0, 0.05) is 29.1 Å². The molecule has 4 rings (SSSR count). The van der Waals surface area contributed by atoms with Crippen LogP contribution in [-0.2, 0) is 17.8 Å². The van der Waals surface area contributed by atoms with Gasteiger partial charge in [0.05, 0.1) is 5.69 Å². The van der Waals surface area contributed by atoms with E-state index in [2.05, 4.69) is 41.4 Å². The van der Waals surface area contributed by atoms with E-state index in [4.69, 9.17) is 21.0 Å². The van der Waals surface area contributed by atoms with Gasteiger partial charge in [-0.05, 0) is 76.4 Å². The molecule has 33 heavy (non-hydrogen) atoms. The lowest BCUT2D eigenvalue weighted by molar-refractivity contribution is -0.127. The van der Waals surface area contributed by atoms with Gasteiger partial charge in [-0.3, -0.25) is 9.69 Å². The molecule has 1 unspecified atom stereocenters. The van der Waals surface area contributed by atoms with Gasteiger partial charge in [0.1, 0.15) is 5.76 Å². The van der Waals surface area contributed by atoms with Crippen molar-refractivity contribution in [3.8, 4) is 11.5 Å². The minimum absolute atomic E-state index is 0.0841. The molecule has 0 aliphatic carbocycles. The van der Waals surface area contributed by atoms with E-state index in [9.17, 15) is 4.79 Å². The van der Waals surface area contributed by atoms with Crippen molar-refractivity contribution in [2.75, 3.05) is 13.1 Å². The Balaban J connectivity index is 1.24. The van der Waals surface area contributed by atoms with Crippen molar-refractivity contribution in [1.29, 1.82) is 0 Å². The van der Waals surface area contributed by atoms with Crippen LogP contribution in [-0.4, -0.2) is 34.9 Å². The van der Waals surface area contributed by atoms with Crippen LogP contribution in [0, 0.1) is 12.8 Å². The number of carbonyl (C=O) groups is 1. The van der Waals surface area contributed by atoms with E-state index in [0.717, 1.165) is 62.3 Å². The monoisotopic (exact) mass is 465 g/mol. The average molecular weight is 466 g/mol. The van der Waals surface area contributed by atoms with E-state index < -0.39 is 0 Å². The van der Waals surface area contributed by atoms with Crippen LogP contribution < -0.4 is 5.32 Å². The molecular formula is C27H32ClN3O2. The van der Waals surface area contributed by atoms with E-state index in [1.807, 2.05) is 37.3 Å². The van der Waals surface area contributed by atoms with Gasteiger partial charge in [-0.1, -0.05) is 48.0 Å². The first-order valence-corrected chi connectivity index (χ1v) is 12.1. The number of amides is 1. The zero-order chi connectivity index (χ0) is 23.2. The highest BCUT2D eigenvalue weighted by Crippen LogP contribution is 2.26. The molecule has 0 spiro atoms. The van der Waals surface area contributed by atoms with Crippen LogP contribution in [0.5, 0.6) is 0 Å². The summed E-state index contributed by atoms with van der Waals surface area (Å²) in [6.45, 7) is 6.55. The molecule has 6 heteroatoms. The Morgan fingerprint density at radius 1 is 1.18 bits per heavy atom. The van der Waals surface area contributed by atoms with Crippen molar-refractivity contribution in [1.82, 2.24) is 15.2 Å². The number of nitrogens with zero attached hydrogens (tertiary/aromatic N) is 2. The molecule has 2 aromatic carbocycles. The highest BCUT2D eigenvalue weighted by Gasteiger charge is 2.26. The van der Waals surface area contributed by atoms with Crippen molar-refractivity contribution in [2.24, 2.45) is 5.92 Å². The molecule has 1 amide bonds. The lowest BCUT2D eigenvalue weighted by Crippen LogP contribution is -2.43. The predicted molar refractivity (Wildman–Crippen MR) is 132 cm³/mol. The molecule has 1 aliphatic rings. The fourth-order valence-corrected chi connectivity index (χ4v) is 4.54. The molecule has 1 aliphatic heterocycles. The second kappa shape index (κ2) is 11.0. The minimum Gasteiger partial charge on any atom is -0.441 e. The number of benzene rings is 2. The fraction of sp³-hybridized carbons (Fsp3) is 0.407. The van der Waals surface area contributed by atoms with Crippen molar-refractivity contribution in [3.05, 3.63) is 76.6 Å². The summed E-state index contributed by atoms with van der Waals surface area (Å²) in [5, 5.41) is 3.89. The van der Waals surface area contributed by atoms with Crippen LogP contribution in [0.15, 0.2) is 59.0 Å². The van der Waals surface area contributed by atoms with E-state index in [-0.39, 0.29) is 17.9 Å². The Bertz CT molecular complexity index is 1060. The zero-order valence-electron chi connectivity index (χ0n) is 19.4.